The molecule has 0 saturated heterocycles. The minimum absolute atomic E-state index is 0.283. The molecule has 106 valence electrons. The fraction of sp³-hybridized carbons (Fsp3) is 0.357. The molecule has 0 aliphatic heterocycles. The molecule has 0 fully saturated rings. The zero-order chi connectivity index (χ0) is 14.7. The highest BCUT2D eigenvalue weighted by atomic mass is 32.1. The summed E-state index contributed by atoms with van der Waals surface area (Å²) >= 11 is 5.08. The molecule has 20 heavy (non-hydrogen) atoms. The van der Waals surface area contributed by atoms with Crippen LogP contribution in [0.2, 0.25) is 0 Å². The normalized spacial score (nSPS) is 10.6. The van der Waals surface area contributed by atoms with Crippen molar-refractivity contribution < 1.29 is 4.74 Å². The van der Waals surface area contributed by atoms with Crippen molar-refractivity contribution in [2.45, 2.75) is 33.7 Å². The van der Waals surface area contributed by atoms with Crippen molar-refractivity contribution in [1.29, 1.82) is 0 Å². The van der Waals surface area contributed by atoms with Gasteiger partial charge in [-0.2, -0.15) is 5.10 Å². The van der Waals surface area contributed by atoms with Gasteiger partial charge < -0.3 is 10.5 Å². The highest BCUT2D eigenvalue weighted by Gasteiger charge is 2.14. The molecule has 0 aliphatic carbocycles. The Bertz CT molecular complexity index is 636. The molecule has 2 aromatic rings. The van der Waals surface area contributed by atoms with Gasteiger partial charge in [0.1, 0.15) is 4.99 Å². The molecule has 0 bridgehead atoms. The number of nitrogens with two attached hydrogens (primary N) is 1. The molecule has 0 aromatic carbocycles. The van der Waals surface area contributed by atoms with Crippen molar-refractivity contribution in [3.05, 3.63) is 35.3 Å². The van der Waals surface area contributed by atoms with E-state index in [9.17, 15) is 0 Å². The van der Waals surface area contributed by atoms with Gasteiger partial charge in [0.05, 0.1) is 18.0 Å². The highest BCUT2D eigenvalue weighted by Crippen LogP contribution is 2.26. The van der Waals surface area contributed by atoms with Gasteiger partial charge in [0.2, 0.25) is 5.88 Å². The molecule has 0 atom stereocenters. The summed E-state index contributed by atoms with van der Waals surface area (Å²) in [5.41, 5.74) is 8.26. The van der Waals surface area contributed by atoms with Crippen molar-refractivity contribution >= 4 is 17.2 Å². The van der Waals surface area contributed by atoms with Gasteiger partial charge >= 0.3 is 0 Å². The fourth-order valence-corrected chi connectivity index (χ4v) is 2.28. The maximum Gasteiger partial charge on any atom is 0.230 e. The number of hydrogen-bond donors (Lipinski definition) is 1. The molecule has 0 aliphatic rings. The molecule has 0 radical (unpaired) electrons. The minimum Gasteiger partial charge on any atom is -0.435 e. The van der Waals surface area contributed by atoms with E-state index in [0.29, 0.717) is 17.2 Å². The summed E-state index contributed by atoms with van der Waals surface area (Å²) < 4.78 is 7.63. The smallest absolute Gasteiger partial charge is 0.230 e. The van der Waals surface area contributed by atoms with Crippen LogP contribution in [0, 0.1) is 13.8 Å². The largest absolute Gasteiger partial charge is 0.435 e. The number of ether oxygens (including phenoxy) is 1. The van der Waals surface area contributed by atoms with Gasteiger partial charge in [-0.15, -0.1) is 0 Å². The van der Waals surface area contributed by atoms with E-state index >= 15 is 0 Å². The monoisotopic (exact) mass is 290 g/mol. The lowest BCUT2D eigenvalue weighted by Gasteiger charge is -2.11. The van der Waals surface area contributed by atoms with Gasteiger partial charge in [0.15, 0.2) is 5.75 Å². The van der Waals surface area contributed by atoms with Crippen LogP contribution >= 0.6 is 12.2 Å². The zero-order valence-corrected chi connectivity index (χ0v) is 12.7. The van der Waals surface area contributed by atoms with Gasteiger partial charge in [0.25, 0.3) is 0 Å². The Kier molecular flexibility index (Phi) is 4.34. The third kappa shape index (κ3) is 3.14. The number of hydrogen-bond acceptors (Lipinski definition) is 4. The van der Waals surface area contributed by atoms with E-state index in [1.807, 2.05) is 30.8 Å². The van der Waals surface area contributed by atoms with Gasteiger partial charge in [-0.05, 0) is 31.9 Å². The predicted octanol–water partition coefficient (Wildman–Crippen LogP) is 2.73. The number of aryl methyl sites for hydroxylation is 3. The number of rotatable bonds is 5. The van der Waals surface area contributed by atoms with E-state index in [0.717, 1.165) is 24.2 Å². The Hall–Kier alpha value is -1.95. The first-order valence-electron chi connectivity index (χ1n) is 6.49. The van der Waals surface area contributed by atoms with Crippen LogP contribution in [0.15, 0.2) is 18.5 Å². The lowest BCUT2D eigenvalue weighted by atomic mass is 10.1. The van der Waals surface area contributed by atoms with E-state index < -0.39 is 0 Å². The second kappa shape index (κ2) is 6.00. The van der Waals surface area contributed by atoms with Crippen LogP contribution < -0.4 is 10.5 Å². The van der Waals surface area contributed by atoms with Crippen LogP contribution in [0.4, 0.5) is 0 Å². The van der Waals surface area contributed by atoms with E-state index in [1.165, 1.54) is 0 Å². The van der Waals surface area contributed by atoms with Crippen molar-refractivity contribution in [2.24, 2.45) is 5.73 Å². The molecular weight excluding hydrogens is 272 g/mol. The molecule has 0 amide bonds. The SMILES string of the molecule is CCCn1cc(Oc2nc(C)cc(C)c2C(N)=S)cn1. The number of nitrogens with zero attached hydrogens (tertiary/aromatic N) is 3. The summed E-state index contributed by atoms with van der Waals surface area (Å²) in [4.78, 5) is 4.66. The molecule has 6 heteroatoms. The molecule has 2 aromatic heterocycles. The van der Waals surface area contributed by atoms with Crippen LogP contribution in [-0.4, -0.2) is 19.8 Å². The third-order valence-electron chi connectivity index (χ3n) is 2.83. The van der Waals surface area contributed by atoms with Crippen LogP contribution in [-0.2, 0) is 6.54 Å². The summed E-state index contributed by atoms with van der Waals surface area (Å²) in [6.07, 6.45) is 4.52. The Labute approximate surface area is 123 Å². The fourth-order valence-electron chi connectivity index (χ4n) is 2.04. The Morgan fingerprint density at radius 2 is 2.20 bits per heavy atom. The van der Waals surface area contributed by atoms with Crippen LogP contribution in [0.25, 0.3) is 0 Å². The molecule has 5 nitrogen and oxygen atoms in total. The number of pyridine rings is 1. The van der Waals surface area contributed by atoms with Crippen LogP contribution in [0.5, 0.6) is 11.6 Å². The van der Waals surface area contributed by atoms with Crippen molar-refractivity contribution in [2.75, 3.05) is 0 Å². The van der Waals surface area contributed by atoms with Crippen molar-refractivity contribution in [3.8, 4) is 11.6 Å². The van der Waals surface area contributed by atoms with E-state index in [-0.39, 0.29) is 4.99 Å². The number of thiocarbonyl (C=S) groups is 1. The molecule has 2 heterocycles. The van der Waals surface area contributed by atoms with Gasteiger partial charge in [0, 0.05) is 12.2 Å². The maximum absolute atomic E-state index is 5.80. The lowest BCUT2D eigenvalue weighted by molar-refractivity contribution is 0.458. The first-order valence-corrected chi connectivity index (χ1v) is 6.90. The Morgan fingerprint density at radius 1 is 1.45 bits per heavy atom. The maximum atomic E-state index is 5.80. The molecular formula is C14H18N4OS. The van der Waals surface area contributed by atoms with E-state index in [1.54, 1.807) is 6.20 Å². The standard InChI is InChI=1S/C14H18N4OS/c1-4-5-18-8-11(7-16-18)19-14-12(13(15)20)9(2)6-10(3)17-14/h6-8H,4-5H2,1-3H3,(H2,15,20). The summed E-state index contributed by atoms with van der Waals surface area (Å²) in [5, 5.41) is 4.22. The zero-order valence-electron chi connectivity index (χ0n) is 11.9. The van der Waals surface area contributed by atoms with E-state index in [4.69, 9.17) is 22.7 Å². The highest BCUT2D eigenvalue weighted by molar-refractivity contribution is 7.80. The molecule has 2 N–H and O–H groups in total. The Balaban J connectivity index is 2.34. The molecule has 2 rings (SSSR count). The Morgan fingerprint density at radius 3 is 2.85 bits per heavy atom. The second-order valence-electron chi connectivity index (χ2n) is 4.67. The topological polar surface area (TPSA) is 66.0 Å². The summed E-state index contributed by atoms with van der Waals surface area (Å²) in [6.45, 7) is 6.80. The average molecular weight is 290 g/mol. The minimum atomic E-state index is 0.283. The third-order valence-corrected chi connectivity index (χ3v) is 3.04. The van der Waals surface area contributed by atoms with Gasteiger partial charge in [-0.3, -0.25) is 4.68 Å². The average Bonchev–Trinajstić information content (AvgIpc) is 2.75. The summed E-state index contributed by atoms with van der Waals surface area (Å²) in [7, 11) is 0. The molecule has 0 spiro atoms. The quantitative estimate of drug-likeness (QED) is 0.858. The van der Waals surface area contributed by atoms with Crippen LogP contribution in [0.3, 0.4) is 0 Å². The summed E-state index contributed by atoms with van der Waals surface area (Å²) in [6, 6.07) is 1.93. The van der Waals surface area contributed by atoms with E-state index in [2.05, 4.69) is 17.0 Å². The van der Waals surface area contributed by atoms with Gasteiger partial charge in [-0.1, -0.05) is 19.1 Å². The number of aromatic nitrogens is 3. The molecule has 0 unspecified atom stereocenters. The van der Waals surface area contributed by atoms with Crippen molar-refractivity contribution in [3.63, 3.8) is 0 Å². The van der Waals surface area contributed by atoms with Gasteiger partial charge in [-0.25, -0.2) is 4.98 Å². The van der Waals surface area contributed by atoms with Crippen molar-refractivity contribution in [1.82, 2.24) is 14.8 Å². The second-order valence-corrected chi connectivity index (χ2v) is 5.11. The first kappa shape index (κ1) is 14.5. The lowest BCUT2D eigenvalue weighted by Crippen LogP contribution is -2.14. The van der Waals surface area contributed by atoms with Crippen LogP contribution in [0.1, 0.15) is 30.2 Å². The first-order chi connectivity index (χ1) is 9.51. The predicted molar refractivity (Wildman–Crippen MR) is 82.2 cm³/mol. The summed E-state index contributed by atoms with van der Waals surface area (Å²) in [5.74, 6) is 1.07. The molecule has 0 saturated carbocycles.